The Morgan fingerprint density at radius 1 is 0.886 bits per heavy atom. The van der Waals surface area contributed by atoms with Gasteiger partial charge in [0.25, 0.3) is 0 Å². The molecular weight excluding hydrogens is 458 g/mol. The van der Waals surface area contributed by atoms with Crippen LogP contribution in [0.25, 0.3) is 0 Å². The summed E-state index contributed by atoms with van der Waals surface area (Å²) in [4.78, 5) is 9.79. The Kier molecular flexibility index (Phi) is 5.45. The normalized spacial score (nSPS) is 20.8. The average Bonchev–Trinajstić information content (AvgIpc) is 3.22. The van der Waals surface area contributed by atoms with E-state index < -0.39 is 5.72 Å². The van der Waals surface area contributed by atoms with Gasteiger partial charge in [-0.25, -0.2) is 0 Å². The zero-order valence-corrected chi connectivity index (χ0v) is 19.5. The van der Waals surface area contributed by atoms with E-state index >= 15 is 0 Å². The van der Waals surface area contributed by atoms with E-state index in [-0.39, 0.29) is 16.2 Å². The first-order valence-corrected chi connectivity index (χ1v) is 12.2. The van der Waals surface area contributed by atoms with Crippen LogP contribution in [0.4, 0.5) is 11.4 Å². The summed E-state index contributed by atoms with van der Waals surface area (Å²) < 4.78 is 0. The summed E-state index contributed by atoms with van der Waals surface area (Å²) in [6.45, 7) is 0. The predicted octanol–water partition coefficient (Wildman–Crippen LogP) is 6.67. The Balaban J connectivity index is 1.53. The van der Waals surface area contributed by atoms with Crippen LogP contribution in [-0.4, -0.2) is 11.0 Å². The molecule has 4 aromatic carbocycles. The Morgan fingerprint density at radius 3 is 2.26 bits per heavy atom. The topological polar surface area (TPSA) is 71.4 Å². The summed E-state index contributed by atoms with van der Waals surface area (Å²) in [7, 11) is 0. The first-order chi connectivity index (χ1) is 17.2. The highest BCUT2D eigenvalue weighted by molar-refractivity contribution is 7.99. The van der Waals surface area contributed by atoms with Crippen molar-refractivity contribution in [2.45, 2.75) is 22.3 Å². The van der Waals surface area contributed by atoms with Crippen LogP contribution in [0.3, 0.4) is 0 Å². The maximum absolute atomic E-state index is 11.3. The minimum absolute atomic E-state index is 0.000440. The number of benzene rings is 4. The molecule has 0 amide bonds. The Morgan fingerprint density at radius 2 is 1.54 bits per heavy atom. The molecule has 2 aliphatic rings. The third kappa shape index (κ3) is 3.74. The molecule has 0 saturated carbocycles. The minimum Gasteiger partial charge on any atom is -0.733 e. The summed E-state index contributed by atoms with van der Waals surface area (Å²) in [6, 6.07) is 35.6. The number of para-hydroxylation sites is 1. The van der Waals surface area contributed by atoms with Crippen molar-refractivity contribution < 1.29 is 10.0 Å². The van der Waals surface area contributed by atoms with Crippen molar-refractivity contribution in [3.63, 3.8) is 0 Å². The van der Waals surface area contributed by atoms with Gasteiger partial charge in [0.15, 0.2) is 5.84 Å². The highest BCUT2D eigenvalue weighted by atomic mass is 32.2. The maximum atomic E-state index is 11.3. The van der Waals surface area contributed by atoms with Crippen molar-refractivity contribution in [2.24, 2.45) is 5.16 Å². The number of anilines is 2. The van der Waals surface area contributed by atoms with Gasteiger partial charge in [0.2, 0.25) is 5.72 Å². The standard InChI is InChI=1S/C28H22N3O3S/c32-31(33)23-17-15-20(16-18-23)26-19-28(22-11-5-2-6-12-22)30(24-13-7-8-14-25(24)35-26)27(29-34-28)21-9-3-1-4-10-21/h1-18,26,32H,19H2/q-1. The summed E-state index contributed by atoms with van der Waals surface area (Å²) in [5.41, 5.74) is 3.38. The van der Waals surface area contributed by atoms with Gasteiger partial charge in [-0.1, -0.05) is 90.1 Å². The fourth-order valence-electron chi connectivity index (χ4n) is 4.77. The summed E-state index contributed by atoms with van der Waals surface area (Å²) in [5, 5.41) is 25.2. The van der Waals surface area contributed by atoms with E-state index in [4.69, 9.17) is 4.84 Å². The fourth-order valence-corrected chi connectivity index (χ4v) is 6.11. The van der Waals surface area contributed by atoms with Gasteiger partial charge >= 0.3 is 0 Å². The fraction of sp³-hybridized carbons (Fsp3) is 0.107. The minimum atomic E-state index is -0.864. The second-order valence-electron chi connectivity index (χ2n) is 8.50. The molecule has 0 aliphatic carbocycles. The van der Waals surface area contributed by atoms with Crippen molar-refractivity contribution in [3.05, 3.63) is 131 Å². The molecule has 6 nitrogen and oxygen atoms in total. The predicted molar refractivity (Wildman–Crippen MR) is 138 cm³/mol. The van der Waals surface area contributed by atoms with E-state index in [1.54, 1.807) is 23.9 Å². The van der Waals surface area contributed by atoms with E-state index in [1.807, 2.05) is 72.8 Å². The third-order valence-electron chi connectivity index (χ3n) is 6.44. The molecule has 0 bridgehead atoms. The van der Waals surface area contributed by atoms with Gasteiger partial charge in [0, 0.05) is 27.7 Å². The van der Waals surface area contributed by atoms with Crippen molar-refractivity contribution in [1.29, 1.82) is 0 Å². The van der Waals surface area contributed by atoms with Crippen LogP contribution >= 0.6 is 11.8 Å². The highest BCUT2D eigenvalue weighted by Gasteiger charge is 2.52. The molecule has 2 unspecified atom stereocenters. The first kappa shape index (κ1) is 21.7. The van der Waals surface area contributed by atoms with Gasteiger partial charge in [0.1, 0.15) is 0 Å². The molecule has 0 saturated heterocycles. The molecule has 2 aliphatic heterocycles. The van der Waals surface area contributed by atoms with Crippen LogP contribution in [0, 0.1) is 5.21 Å². The molecule has 6 rings (SSSR count). The quantitative estimate of drug-likeness (QED) is 0.329. The molecule has 1 N–H and O–H groups in total. The van der Waals surface area contributed by atoms with Gasteiger partial charge < -0.3 is 15.3 Å². The van der Waals surface area contributed by atoms with E-state index in [1.165, 1.54) is 0 Å². The molecule has 2 atom stereocenters. The first-order valence-electron chi connectivity index (χ1n) is 11.3. The van der Waals surface area contributed by atoms with Crippen LogP contribution < -0.4 is 10.1 Å². The van der Waals surface area contributed by atoms with Gasteiger partial charge in [-0.3, -0.25) is 10.1 Å². The monoisotopic (exact) mass is 480 g/mol. The lowest BCUT2D eigenvalue weighted by atomic mass is 9.92. The van der Waals surface area contributed by atoms with Gasteiger partial charge in [-0.05, 0) is 29.8 Å². The lowest BCUT2D eigenvalue weighted by Crippen LogP contribution is -2.47. The molecule has 7 heteroatoms. The lowest BCUT2D eigenvalue weighted by Gasteiger charge is -2.37. The molecule has 174 valence electrons. The molecule has 0 radical (unpaired) electrons. The van der Waals surface area contributed by atoms with Crippen LogP contribution in [-0.2, 0) is 10.6 Å². The van der Waals surface area contributed by atoms with Crippen LogP contribution in [0.15, 0.2) is 119 Å². The van der Waals surface area contributed by atoms with Gasteiger partial charge in [0.05, 0.1) is 11.4 Å². The van der Waals surface area contributed by atoms with Crippen LogP contribution in [0.5, 0.6) is 0 Å². The second-order valence-corrected chi connectivity index (χ2v) is 9.75. The van der Waals surface area contributed by atoms with Crippen LogP contribution in [0.1, 0.15) is 28.4 Å². The number of nitrogens with zero attached hydrogens (tertiary/aromatic N) is 3. The van der Waals surface area contributed by atoms with Crippen molar-refractivity contribution in [2.75, 3.05) is 10.1 Å². The Labute approximate surface area is 207 Å². The molecular formula is C28H22N3O3S-. The number of hydrogen-bond donors (Lipinski definition) is 1. The smallest absolute Gasteiger partial charge is 0.242 e. The average molecular weight is 481 g/mol. The number of hydrogen-bond acceptors (Lipinski definition) is 7. The van der Waals surface area contributed by atoms with E-state index in [9.17, 15) is 10.4 Å². The number of thioether (sulfide) groups is 1. The molecule has 0 fully saturated rings. The molecule has 4 aromatic rings. The number of fused-ring (bicyclic) bond motifs is 3. The van der Waals surface area contributed by atoms with Gasteiger partial charge in [-0.2, -0.15) is 0 Å². The Hall–Kier alpha value is -3.78. The molecule has 0 spiro atoms. The summed E-state index contributed by atoms with van der Waals surface area (Å²) in [6.07, 6.45) is 0.607. The van der Waals surface area contributed by atoms with Crippen molar-refractivity contribution >= 4 is 29.0 Å². The van der Waals surface area contributed by atoms with Crippen LogP contribution in [0.2, 0.25) is 0 Å². The molecule has 2 heterocycles. The number of amidine groups is 1. The number of rotatable bonds is 4. The highest BCUT2D eigenvalue weighted by Crippen LogP contribution is 2.56. The Bertz CT molecular complexity index is 1360. The van der Waals surface area contributed by atoms with E-state index in [2.05, 4.69) is 34.3 Å². The second kappa shape index (κ2) is 8.78. The summed E-state index contributed by atoms with van der Waals surface area (Å²) in [5.74, 6) is 0.765. The zero-order chi connectivity index (χ0) is 23.8. The van der Waals surface area contributed by atoms with E-state index in [0.717, 1.165) is 33.1 Å². The largest absolute Gasteiger partial charge is 0.733 e. The summed E-state index contributed by atoms with van der Waals surface area (Å²) >= 11 is 1.76. The molecule has 0 aromatic heterocycles. The zero-order valence-electron chi connectivity index (χ0n) is 18.7. The van der Waals surface area contributed by atoms with Crippen molar-refractivity contribution in [1.82, 2.24) is 0 Å². The SMILES string of the molecule is [O-]N(O)c1ccc(C2CC3(c4ccccc4)ON=C(c4ccccc4)N3c3ccccc3S2)cc1. The van der Waals surface area contributed by atoms with Crippen molar-refractivity contribution in [3.8, 4) is 0 Å². The maximum Gasteiger partial charge on any atom is 0.242 e. The van der Waals surface area contributed by atoms with E-state index in [0.29, 0.717) is 6.42 Å². The van der Waals surface area contributed by atoms with Gasteiger partial charge in [-0.15, -0.1) is 11.8 Å². The lowest BCUT2D eigenvalue weighted by molar-refractivity contribution is -0.0283. The number of oxime groups is 1. The third-order valence-corrected chi connectivity index (χ3v) is 7.76. The molecule has 35 heavy (non-hydrogen) atoms.